The van der Waals surface area contributed by atoms with Crippen molar-refractivity contribution < 1.29 is 0 Å². The normalized spacial score (nSPS) is 15.9. The van der Waals surface area contributed by atoms with Crippen molar-refractivity contribution in [2.45, 2.75) is 46.1 Å². The first-order chi connectivity index (χ1) is 11.5. The number of aryl methyl sites for hydroxylation is 1. The second-order valence-electron chi connectivity index (χ2n) is 6.85. The van der Waals surface area contributed by atoms with Crippen LogP contribution in [0, 0.1) is 12.8 Å². The largest absolute Gasteiger partial charge is 0.356 e. The molecule has 1 aliphatic rings. The van der Waals surface area contributed by atoms with E-state index in [1.807, 2.05) is 19.2 Å². The molecule has 1 saturated heterocycles. The third kappa shape index (κ3) is 3.80. The second kappa shape index (κ2) is 7.11. The van der Waals surface area contributed by atoms with Crippen LogP contribution in [0.2, 0.25) is 0 Å². The van der Waals surface area contributed by atoms with E-state index in [0.29, 0.717) is 18.4 Å². The fraction of sp³-hybridized carbons (Fsp3) is 0.556. The van der Waals surface area contributed by atoms with E-state index in [9.17, 15) is 4.79 Å². The molecule has 128 valence electrons. The molecule has 0 aliphatic carbocycles. The molecule has 0 unspecified atom stereocenters. The first kappa shape index (κ1) is 16.6. The predicted octanol–water partition coefficient (Wildman–Crippen LogP) is 2.38. The van der Waals surface area contributed by atoms with Gasteiger partial charge in [0, 0.05) is 37.8 Å². The first-order valence-electron chi connectivity index (χ1n) is 8.65. The van der Waals surface area contributed by atoms with Gasteiger partial charge in [0.15, 0.2) is 0 Å². The summed E-state index contributed by atoms with van der Waals surface area (Å²) in [6, 6.07) is 5.35. The summed E-state index contributed by atoms with van der Waals surface area (Å²) < 4.78 is 1.61. The van der Waals surface area contributed by atoms with Crippen LogP contribution in [0.3, 0.4) is 0 Å². The number of rotatable bonds is 4. The third-order valence-electron chi connectivity index (χ3n) is 4.55. The second-order valence-corrected chi connectivity index (χ2v) is 6.85. The van der Waals surface area contributed by atoms with Gasteiger partial charge < -0.3 is 4.90 Å². The minimum Gasteiger partial charge on any atom is -0.356 e. The maximum absolute atomic E-state index is 11.9. The smallest absolute Gasteiger partial charge is 0.266 e. The van der Waals surface area contributed by atoms with Crippen molar-refractivity contribution in [1.29, 1.82) is 0 Å². The van der Waals surface area contributed by atoms with Crippen molar-refractivity contribution in [2.75, 3.05) is 18.0 Å². The van der Waals surface area contributed by atoms with E-state index in [2.05, 4.69) is 33.8 Å². The van der Waals surface area contributed by atoms with E-state index < -0.39 is 0 Å². The summed E-state index contributed by atoms with van der Waals surface area (Å²) in [5.74, 6) is 2.73. The summed E-state index contributed by atoms with van der Waals surface area (Å²) >= 11 is 0. The standard InChI is InChI=1S/C18H25N5O/c1-13(2)18-19-9-6-16(20-18)22-10-7-15(8-11-22)12-23-17(24)5-4-14(3)21-23/h4-6,9,13,15H,7-8,10-12H2,1-3H3. The Bertz CT molecular complexity index is 747. The zero-order valence-electron chi connectivity index (χ0n) is 14.6. The number of aromatic nitrogens is 4. The lowest BCUT2D eigenvalue weighted by Crippen LogP contribution is -2.37. The maximum Gasteiger partial charge on any atom is 0.266 e. The molecule has 3 heterocycles. The van der Waals surface area contributed by atoms with Crippen molar-refractivity contribution in [2.24, 2.45) is 5.92 Å². The fourth-order valence-electron chi connectivity index (χ4n) is 3.09. The molecule has 24 heavy (non-hydrogen) atoms. The van der Waals surface area contributed by atoms with Crippen LogP contribution in [0.15, 0.2) is 29.2 Å². The highest BCUT2D eigenvalue weighted by Crippen LogP contribution is 2.23. The van der Waals surface area contributed by atoms with Gasteiger partial charge in [0.05, 0.1) is 5.69 Å². The van der Waals surface area contributed by atoms with Crippen LogP contribution in [-0.2, 0) is 6.54 Å². The average molecular weight is 327 g/mol. The van der Waals surface area contributed by atoms with E-state index in [4.69, 9.17) is 0 Å². The zero-order chi connectivity index (χ0) is 17.1. The van der Waals surface area contributed by atoms with Gasteiger partial charge in [-0.25, -0.2) is 14.6 Å². The van der Waals surface area contributed by atoms with Gasteiger partial charge in [0.25, 0.3) is 5.56 Å². The highest BCUT2D eigenvalue weighted by Gasteiger charge is 2.21. The zero-order valence-corrected chi connectivity index (χ0v) is 14.6. The maximum atomic E-state index is 11.9. The molecule has 0 atom stereocenters. The van der Waals surface area contributed by atoms with Crippen molar-refractivity contribution in [1.82, 2.24) is 19.7 Å². The quantitative estimate of drug-likeness (QED) is 0.863. The molecule has 2 aromatic rings. The van der Waals surface area contributed by atoms with E-state index >= 15 is 0 Å². The molecule has 6 nitrogen and oxygen atoms in total. The van der Waals surface area contributed by atoms with E-state index in [0.717, 1.165) is 43.3 Å². The predicted molar refractivity (Wildman–Crippen MR) is 94.3 cm³/mol. The Balaban J connectivity index is 1.62. The molecular weight excluding hydrogens is 302 g/mol. The van der Waals surface area contributed by atoms with E-state index in [1.165, 1.54) is 0 Å². The Morgan fingerprint density at radius 1 is 1.21 bits per heavy atom. The number of hydrogen-bond acceptors (Lipinski definition) is 5. The van der Waals surface area contributed by atoms with Gasteiger partial charge >= 0.3 is 0 Å². The summed E-state index contributed by atoms with van der Waals surface area (Å²) in [5.41, 5.74) is 0.870. The summed E-state index contributed by atoms with van der Waals surface area (Å²) in [7, 11) is 0. The number of anilines is 1. The molecule has 1 fully saturated rings. The number of piperidine rings is 1. The molecule has 0 amide bonds. The van der Waals surface area contributed by atoms with Gasteiger partial charge in [-0.2, -0.15) is 5.10 Å². The highest BCUT2D eigenvalue weighted by atomic mass is 16.1. The van der Waals surface area contributed by atoms with Crippen LogP contribution in [0.25, 0.3) is 0 Å². The molecule has 0 spiro atoms. The van der Waals surface area contributed by atoms with Crippen molar-refractivity contribution >= 4 is 5.82 Å². The molecule has 0 saturated carbocycles. The minimum absolute atomic E-state index is 0.0135. The fourth-order valence-corrected chi connectivity index (χ4v) is 3.09. The molecule has 2 aromatic heterocycles. The molecule has 0 radical (unpaired) electrons. The lowest BCUT2D eigenvalue weighted by molar-refractivity contribution is 0.333. The molecule has 0 N–H and O–H groups in total. The lowest BCUT2D eigenvalue weighted by atomic mass is 9.97. The molecule has 3 rings (SSSR count). The van der Waals surface area contributed by atoms with Crippen molar-refractivity contribution in [3.05, 3.63) is 46.3 Å². The average Bonchev–Trinajstić information content (AvgIpc) is 2.59. The number of nitrogens with zero attached hydrogens (tertiary/aromatic N) is 5. The van der Waals surface area contributed by atoms with Gasteiger partial charge in [-0.3, -0.25) is 4.79 Å². The Hall–Kier alpha value is -2.24. The van der Waals surface area contributed by atoms with Gasteiger partial charge in [0.2, 0.25) is 0 Å². The monoisotopic (exact) mass is 327 g/mol. The van der Waals surface area contributed by atoms with Crippen LogP contribution in [0.5, 0.6) is 0 Å². The van der Waals surface area contributed by atoms with Gasteiger partial charge in [-0.05, 0) is 37.8 Å². The Labute approximate surface area is 142 Å². The van der Waals surface area contributed by atoms with Crippen LogP contribution < -0.4 is 10.5 Å². The molecule has 0 aromatic carbocycles. The van der Waals surface area contributed by atoms with E-state index in [-0.39, 0.29) is 5.56 Å². The van der Waals surface area contributed by atoms with Gasteiger partial charge in [0.1, 0.15) is 11.6 Å². The summed E-state index contributed by atoms with van der Waals surface area (Å²) in [6.45, 7) is 8.75. The van der Waals surface area contributed by atoms with Crippen molar-refractivity contribution in [3.8, 4) is 0 Å². The summed E-state index contributed by atoms with van der Waals surface area (Å²) in [5, 5.41) is 4.34. The Morgan fingerprint density at radius 2 is 1.96 bits per heavy atom. The highest BCUT2D eigenvalue weighted by molar-refractivity contribution is 5.38. The summed E-state index contributed by atoms with van der Waals surface area (Å²) in [6.07, 6.45) is 3.94. The van der Waals surface area contributed by atoms with Crippen molar-refractivity contribution in [3.63, 3.8) is 0 Å². The topological polar surface area (TPSA) is 63.9 Å². The molecular formula is C18H25N5O. The van der Waals surface area contributed by atoms with Crippen LogP contribution in [0.1, 0.15) is 44.1 Å². The SMILES string of the molecule is Cc1ccc(=O)n(CC2CCN(c3ccnc(C(C)C)n3)CC2)n1. The molecule has 6 heteroatoms. The lowest BCUT2D eigenvalue weighted by Gasteiger charge is -2.33. The minimum atomic E-state index is -0.0135. The van der Waals surface area contributed by atoms with Crippen LogP contribution in [-0.4, -0.2) is 32.8 Å². The van der Waals surface area contributed by atoms with Crippen LogP contribution in [0.4, 0.5) is 5.82 Å². The molecule has 1 aliphatic heterocycles. The Kier molecular flexibility index (Phi) is 4.92. The van der Waals surface area contributed by atoms with Gasteiger partial charge in [-0.1, -0.05) is 13.8 Å². The first-order valence-corrected chi connectivity index (χ1v) is 8.65. The van der Waals surface area contributed by atoms with E-state index in [1.54, 1.807) is 16.8 Å². The number of hydrogen-bond donors (Lipinski definition) is 0. The Morgan fingerprint density at radius 3 is 2.67 bits per heavy atom. The summed E-state index contributed by atoms with van der Waals surface area (Å²) in [4.78, 5) is 23.2. The van der Waals surface area contributed by atoms with Gasteiger partial charge in [-0.15, -0.1) is 0 Å². The molecule has 0 bridgehead atoms. The third-order valence-corrected chi connectivity index (χ3v) is 4.55. The van der Waals surface area contributed by atoms with Crippen LogP contribution >= 0.6 is 0 Å².